The number of carbonyl (C=O) groups is 1. The summed E-state index contributed by atoms with van der Waals surface area (Å²) < 4.78 is 7.78. The molecule has 0 unspecified atom stereocenters. The molecule has 0 saturated heterocycles. The zero-order valence-electron chi connectivity index (χ0n) is 14.3. The molecular formula is C17H21BrN2O3S. The Kier molecular flexibility index (Phi) is 6.09. The molecule has 0 aliphatic carbocycles. The minimum Gasteiger partial charge on any atom is -0.459 e. The number of ether oxygens (including phenoxy) is 1. The Labute approximate surface area is 153 Å². The Balaban J connectivity index is 2.35. The van der Waals surface area contributed by atoms with Gasteiger partial charge in [-0.25, -0.2) is 4.98 Å². The maximum absolute atomic E-state index is 12.7. The lowest BCUT2D eigenvalue weighted by Crippen LogP contribution is -2.26. The van der Waals surface area contributed by atoms with Gasteiger partial charge in [-0.2, -0.15) is 0 Å². The van der Waals surface area contributed by atoms with Gasteiger partial charge in [-0.05, 0) is 45.4 Å². The van der Waals surface area contributed by atoms with Gasteiger partial charge in [-0.1, -0.05) is 34.6 Å². The fraction of sp³-hybridized carbons (Fsp3) is 0.471. The first-order valence-electron chi connectivity index (χ1n) is 7.76. The molecule has 0 bridgehead atoms. The molecule has 0 atom stereocenters. The summed E-state index contributed by atoms with van der Waals surface area (Å²) in [5, 5.41) is 1.11. The summed E-state index contributed by atoms with van der Waals surface area (Å²) in [5.74, 6) is -0.198. The molecule has 1 heterocycles. The summed E-state index contributed by atoms with van der Waals surface area (Å²) in [6.07, 6.45) is 0.807. The molecule has 130 valence electrons. The first kappa shape index (κ1) is 19.0. The van der Waals surface area contributed by atoms with Crippen molar-refractivity contribution < 1.29 is 9.53 Å². The predicted molar refractivity (Wildman–Crippen MR) is 101 cm³/mol. The number of esters is 1. The number of fused-ring (bicyclic) bond motifs is 1. The highest BCUT2D eigenvalue weighted by Crippen LogP contribution is 2.21. The average Bonchev–Trinajstić information content (AvgIpc) is 2.47. The standard InChI is InChI=1S/C17H21BrN2O3S/c1-5-8-20-15(22)12-9-11(18)6-7-13(12)19-16(20)24-10-14(21)23-17(2,3)4/h6-7,9H,5,8,10H2,1-4H3. The van der Waals surface area contributed by atoms with Gasteiger partial charge in [0.15, 0.2) is 5.16 Å². The van der Waals surface area contributed by atoms with Crippen molar-refractivity contribution in [2.45, 2.75) is 51.4 Å². The first-order chi connectivity index (χ1) is 11.2. The number of hydrogen-bond acceptors (Lipinski definition) is 5. The van der Waals surface area contributed by atoms with Crippen LogP contribution in [0.2, 0.25) is 0 Å². The van der Waals surface area contributed by atoms with E-state index in [1.807, 2.05) is 33.8 Å². The largest absolute Gasteiger partial charge is 0.459 e. The molecule has 0 amide bonds. The summed E-state index contributed by atoms with van der Waals surface area (Å²) in [5.41, 5.74) is 0.0150. The molecular weight excluding hydrogens is 392 g/mol. The SMILES string of the molecule is CCCn1c(SCC(=O)OC(C)(C)C)nc2ccc(Br)cc2c1=O. The fourth-order valence-electron chi connectivity index (χ4n) is 2.20. The van der Waals surface area contributed by atoms with Crippen molar-refractivity contribution in [1.29, 1.82) is 0 Å². The van der Waals surface area contributed by atoms with Crippen LogP contribution in [0.5, 0.6) is 0 Å². The fourth-order valence-corrected chi connectivity index (χ4v) is 3.36. The number of carbonyl (C=O) groups excluding carboxylic acids is 1. The predicted octanol–water partition coefficient (Wildman–Crippen LogP) is 4.00. The number of halogens is 1. The van der Waals surface area contributed by atoms with Crippen LogP contribution in [-0.2, 0) is 16.1 Å². The van der Waals surface area contributed by atoms with Crippen LogP contribution in [0, 0.1) is 0 Å². The minimum absolute atomic E-state index is 0.0881. The van der Waals surface area contributed by atoms with Gasteiger partial charge in [0.05, 0.1) is 16.7 Å². The second-order valence-corrected chi connectivity index (χ2v) is 8.25. The van der Waals surface area contributed by atoms with Crippen LogP contribution in [0.25, 0.3) is 10.9 Å². The summed E-state index contributed by atoms with van der Waals surface area (Å²) >= 11 is 4.62. The lowest BCUT2D eigenvalue weighted by molar-refractivity contribution is -0.151. The zero-order valence-corrected chi connectivity index (χ0v) is 16.7. The molecule has 7 heteroatoms. The van der Waals surface area contributed by atoms with Crippen LogP contribution >= 0.6 is 27.7 Å². The molecule has 5 nitrogen and oxygen atoms in total. The summed E-state index contributed by atoms with van der Waals surface area (Å²) in [7, 11) is 0. The molecule has 0 aliphatic rings. The van der Waals surface area contributed by atoms with Gasteiger partial charge in [0.25, 0.3) is 5.56 Å². The van der Waals surface area contributed by atoms with Gasteiger partial charge in [-0.3, -0.25) is 14.2 Å². The Morgan fingerprint density at radius 2 is 2.08 bits per heavy atom. The Hall–Kier alpha value is -1.34. The number of rotatable bonds is 5. The second-order valence-electron chi connectivity index (χ2n) is 6.39. The molecule has 2 rings (SSSR count). The third-order valence-corrected chi connectivity index (χ3v) is 4.51. The number of hydrogen-bond donors (Lipinski definition) is 0. The maximum Gasteiger partial charge on any atom is 0.316 e. The van der Waals surface area contributed by atoms with E-state index in [0.717, 1.165) is 10.9 Å². The van der Waals surface area contributed by atoms with E-state index in [1.165, 1.54) is 11.8 Å². The highest BCUT2D eigenvalue weighted by atomic mass is 79.9. The summed E-state index contributed by atoms with van der Waals surface area (Å²) in [4.78, 5) is 29.2. The number of thioether (sulfide) groups is 1. The van der Waals surface area contributed by atoms with Crippen LogP contribution in [0.1, 0.15) is 34.1 Å². The van der Waals surface area contributed by atoms with Crippen molar-refractivity contribution in [3.05, 3.63) is 33.0 Å². The zero-order chi connectivity index (χ0) is 17.9. The van der Waals surface area contributed by atoms with E-state index >= 15 is 0 Å². The van der Waals surface area contributed by atoms with Gasteiger partial charge in [-0.15, -0.1) is 0 Å². The monoisotopic (exact) mass is 412 g/mol. The van der Waals surface area contributed by atoms with Gasteiger partial charge in [0.2, 0.25) is 0 Å². The van der Waals surface area contributed by atoms with Crippen molar-refractivity contribution in [1.82, 2.24) is 9.55 Å². The van der Waals surface area contributed by atoms with Gasteiger partial charge in [0.1, 0.15) is 5.60 Å². The maximum atomic E-state index is 12.7. The van der Waals surface area contributed by atoms with Crippen LogP contribution in [0.4, 0.5) is 0 Å². The number of benzene rings is 1. The quantitative estimate of drug-likeness (QED) is 0.421. The molecule has 1 aromatic heterocycles. The van der Waals surface area contributed by atoms with Crippen LogP contribution < -0.4 is 5.56 Å². The molecule has 0 spiro atoms. The Morgan fingerprint density at radius 3 is 2.71 bits per heavy atom. The van der Waals surface area contributed by atoms with Crippen molar-refractivity contribution in [2.24, 2.45) is 0 Å². The van der Waals surface area contributed by atoms with Crippen molar-refractivity contribution in [2.75, 3.05) is 5.75 Å². The lowest BCUT2D eigenvalue weighted by atomic mass is 10.2. The third-order valence-electron chi connectivity index (χ3n) is 3.07. The molecule has 0 aliphatic heterocycles. The second kappa shape index (κ2) is 7.70. The van der Waals surface area contributed by atoms with E-state index in [1.54, 1.807) is 16.7 Å². The van der Waals surface area contributed by atoms with Crippen molar-refractivity contribution in [3.63, 3.8) is 0 Å². The average molecular weight is 413 g/mol. The summed E-state index contributed by atoms with van der Waals surface area (Å²) in [6.45, 7) is 8.04. The molecule has 0 radical (unpaired) electrons. The van der Waals surface area contributed by atoms with Crippen molar-refractivity contribution >= 4 is 44.6 Å². The Bertz CT molecular complexity index is 812. The van der Waals surface area contributed by atoms with Gasteiger partial charge in [0, 0.05) is 11.0 Å². The van der Waals surface area contributed by atoms with E-state index in [0.29, 0.717) is 22.6 Å². The van der Waals surface area contributed by atoms with Crippen molar-refractivity contribution in [3.8, 4) is 0 Å². The molecule has 0 saturated carbocycles. The van der Waals surface area contributed by atoms with E-state index in [2.05, 4.69) is 20.9 Å². The van der Waals surface area contributed by atoms with Crippen LogP contribution in [-0.4, -0.2) is 26.9 Å². The van der Waals surface area contributed by atoms with Crippen LogP contribution in [0.15, 0.2) is 32.6 Å². The third kappa shape index (κ3) is 4.83. The number of nitrogens with zero attached hydrogens (tertiary/aromatic N) is 2. The molecule has 24 heavy (non-hydrogen) atoms. The normalized spacial score (nSPS) is 11.7. The Morgan fingerprint density at radius 1 is 1.38 bits per heavy atom. The topological polar surface area (TPSA) is 61.2 Å². The highest BCUT2D eigenvalue weighted by molar-refractivity contribution is 9.10. The molecule has 0 N–H and O–H groups in total. The van der Waals surface area contributed by atoms with Crippen LogP contribution in [0.3, 0.4) is 0 Å². The summed E-state index contributed by atoms with van der Waals surface area (Å²) in [6, 6.07) is 5.43. The highest BCUT2D eigenvalue weighted by Gasteiger charge is 2.18. The smallest absolute Gasteiger partial charge is 0.316 e. The van der Waals surface area contributed by atoms with E-state index in [4.69, 9.17) is 4.74 Å². The first-order valence-corrected chi connectivity index (χ1v) is 9.54. The lowest BCUT2D eigenvalue weighted by Gasteiger charge is -2.19. The minimum atomic E-state index is -0.524. The molecule has 0 fully saturated rings. The number of aromatic nitrogens is 2. The van der Waals surface area contributed by atoms with E-state index < -0.39 is 5.60 Å². The van der Waals surface area contributed by atoms with E-state index in [9.17, 15) is 9.59 Å². The van der Waals surface area contributed by atoms with Gasteiger partial charge < -0.3 is 4.74 Å². The van der Waals surface area contributed by atoms with E-state index in [-0.39, 0.29) is 17.3 Å². The molecule has 1 aromatic carbocycles. The van der Waals surface area contributed by atoms with Gasteiger partial charge >= 0.3 is 5.97 Å². The molecule has 2 aromatic rings.